The van der Waals surface area contributed by atoms with Crippen LogP contribution in [0.2, 0.25) is 0 Å². The van der Waals surface area contributed by atoms with Crippen LogP contribution >= 0.6 is 0 Å². The molecule has 0 saturated heterocycles. The maximum atomic E-state index is 11.7. The minimum Gasteiger partial charge on any atom is -0.873 e. The van der Waals surface area contributed by atoms with Crippen LogP contribution in [0.25, 0.3) is 64.6 Å². The molecule has 0 aliphatic carbocycles. The Bertz CT molecular complexity index is 2000. The number of aromatic hydroxyl groups is 4. The predicted octanol–water partition coefficient (Wildman–Crippen LogP) is 1.70. The number of phenols is 4. The molecule has 0 amide bonds. The van der Waals surface area contributed by atoms with Gasteiger partial charge in [-0.1, -0.05) is 48.5 Å². The maximum absolute atomic E-state index is 11.7. The van der Waals surface area contributed by atoms with Crippen molar-refractivity contribution in [1.82, 2.24) is 0 Å². The summed E-state index contributed by atoms with van der Waals surface area (Å²) < 4.78 is 0. The third kappa shape index (κ3) is 6.12. The van der Waals surface area contributed by atoms with E-state index in [4.69, 9.17) is 0 Å². The number of benzene rings is 8. The molecule has 0 aliphatic heterocycles. The molecule has 0 saturated carbocycles. The van der Waals surface area contributed by atoms with Crippen molar-refractivity contribution < 1.29 is 112 Å². The Morgan fingerprint density at radius 3 is 0.431 bits per heavy atom. The monoisotopic (exact) mass is 829 g/mol. The topological polar surface area (TPSA) is 265 Å². The maximum Gasteiger partial charge on any atom is 0.158 e. The minimum atomic E-state index is -0.732. The van der Waals surface area contributed by atoms with Gasteiger partial charge in [-0.15, -0.1) is 46.0 Å². The summed E-state index contributed by atoms with van der Waals surface area (Å²) in [5.41, 5.74) is 0. The average molecular weight is 831 g/mol. The van der Waals surface area contributed by atoms with E-state index < -0.39 is 69.0 Å². The Balaban J connectivity index is 0.000000216. The van der Waals surface area contributed by atoms with Crippen molar-refractivity contribution >= 4 is 64.6 Å². The van der Waals surface area contributed by atoms with E-state index in [2.05, 4.69) is 0 Å². The van der Waals surface area contributed by atoms with Crippen molar-refractivity contribution in [3.63, 3.8) is 0 Å². The van der Waals surface area contributed by atoms with Gasteiger partial charge in [-0.25, -0.2) is 0 Å². The summed E-state index contributed by atoms with van der Waals surface area (Å²) >= 11 is 0. The van der Waals surface area contributed by atoms with E-state index in [1.54, 1.807) is 0 Å². The SMILES string of the molecule is [Cu].[Cu].[Cu].[O-]c1cc2c3cc([O-])c([O-])cc3c3cc(O)c(O)cc3c2cc1[O-].[O-]c1cc2c3cc([O-])c([O-])cc3c3cc(O)c(O)cc3c2cc1[O-]. The molecule has 4 N–H and O–H groups in total. The van der Waals surface area contributed by atoms with Gasteiger partial charge < -0.3 is 61.3 Å². The van der Waals surface area contributed by atoms with Gasteiger partial charge in [-0.05, 0) is 88.9 Å². The van der Waals surface area contributed by atoms with Gasteiger partial charge in [0.15, 0.2) is 23.0 Å². The van der Waals surface area contributed by atoms with Gasteiger partial charge in [-0.2, -0.15) is 0 Å². The quantitative estimate of drug-likeness (QED) is 0.0967. The Hall–Kier alpha value is -5.52. The molecular formula is C36H16Cu3O12-8. The van der Waals surface area contributed by atoms with E-state index >= 15 is 0 Å². The fourth-order valence-electron chi connectivity index (χ4n) is 6.07. The van der Waals surface area contributed by atoms with Gasteiger partial charge in [-0.3, -0.25) is 0 Å². The number of hydrogen-bond acceptors (Lipinski definition) is 12. The standard InChI is InChI=1S/2C18H12O6.3Cu/c2*19-13-1-7-8(2-14(13)20)10-4-17(23)18(24)6-12(10)11-5-16(22)15(21)3-9(7)11;;;/h2*1-6,19-24H;;;/p-8. The fraction of sp³-hybridized carbons (Fsp3) is 0. The van der Waals surface area contributed by atoms with Gasteiger partial charge >= 0.3 is 0 Å². The zero-order valence-corrected chi connectivity index (χ0v) is 27.7. The van der Waals surface area contributed by atoms with Crippen LogP contribution in [0.5, 0.6) is 69.0 Å². The third-order valence-electron chi connectivity index (χ3n) is 8.31. The summed E-state index contributed by atoms with van der Waals surface area (Å²) in [7, 11) is 0. The van der Waals surface area contributed by atoms with E-state index in [0.717, 1.165) is 48.5 Å². The van der Waals surface area contributed by atoms with E-state index in [0.29, 0.717) is 64.6 Å². The Labute approximate surface area is 317 Å². The van der Waals surface area contributed by atoms with Gasteiger partial charge in [0.05, 0.1) is 0 Å². The Kier molecular flexibility index (Phi) is 10.2. The van der Waals surface area contributed by atoms with Crippen LogP contribution in [0.1, 0.15) is 0 Å². The molecule has 273 valence electrons. The number of fused-ring (bicyclic) bond motifs is 12. The van der Waals surface area contributed by atoms with Crippen molar-refractivity contribution in [3.8, 4) is 69.0 Å². The molecule has 12 nitrogen and oxygen atoms in total. The summed E-state index contributed by atoms with van der Waals surface area (Å²) in [6.45, 7) is 0. The van der Waals surface area contributed by atoms with Crippen molar-refractivity contribution in [1.29, 1.82) is 0 Å². The molecule has 8 rings (SSSR count). The molecule has 0 fully saturated rings. The van der Waals surface area contributed by atoms with Crippen molar-refractivity contribution in [2.24, 2.45) is 0 Å². The molecule has 8 aromatic rings. The minimum absolute atomic E-state index is 0. The summed E-state index contributed by atoms with van der Waals surface area (Å²) in [4.78, 5) is 0. The molecule has 0 atom stereocenters. The van der Waals surface area contributed by atoms with Crippen LogP contribution in [0.4, 0.5) is 0 Å². The summed E-state index contributed by atoms with van der Waals surface area (Å²) in [5.74, 6) is -7.42. The molecule has 51 heavy (non-hydrogen) atoms. The van der Waals surface area contributed by atoms with Crippen LogP contribution in [0, 0.1) is 0 Å². The van der Waals surface area contributed by atoms with Gasteiger partial charge in [0, 0.05) is 51.2 Å². The van der Waals surface area contributed by atoms with Crippen molar-refractivity contribution in [2.75, 3.05) is 0 Å². The molecule has 3 radical (unpaired) electrons. The first-order valence-corrected chi connectivity index (χ1v) is 14.0. The average Bonchev–Trinajstić information content (AvgIpc) is 3.03. The normalized spacial score (nSPS) is 10.8. The molecule has 0 bridgehead atoms. The zero-order valence-electron chi connectivity index (χ0n) is 24.9. The summed E-state index contributed by atoms with van der Waals surface area (Å²) in [6, 6.07) is 14.0. The van der Waals surface area contributed by atoms with E-state index in [9.17, 15) is 61.3 Å². The second-order valence-electron chi connectivity index (χ2n) is 11.2. The second-order valence-corrected chi connectivity index (χ2v) is 11.2. The largest absolute Gasteiger partial charge is 0.873 e. The van der Waals surface area contributed by atoms with Crippen LogP contribution < -0.4 is 40.9 Å². The molecule has 0 spiro atoms. The van der Waals surface area contributed by atoms with E-state index in [1.165, 1.54) is 24.3 Å². The molecule has 15 heteroatoms. The van der Waals surface area contributed by atoms with Crippen molar-refractivity contribution in [3.05, 3.63) is 72.8 Å². The van der Waals surface area contributed by atoms with Crippen LogP contribution in [0.3, 0.4) is 0 Å². The third-order valence-corrected chi connectivity index (χ3v) is 8.31. The number of rotatable bonds is 0. The van der Waals surface area contributed by atoms with Gasteiger partial charge in [0.2, 0.25) is 0 Å². The first-order valence-electron chi connectivity index (χ1n) is 14.0. The first kappa shape index (κ1) is 38.3. The molecule has 8 aromatic carbocycles. The van der Waals surface area contributed by atoms with Crippen LogP contribution in [0.15, 0.2) is 72.8 Å². The Morgan fingerprint density at radius 2 is 0.314 bits per heavy atom. The van der Waals surface area contributed by atoms with Gasteiger partial charge in [0.25, 0.3) is 0 Å². The van der Waals surface area contributed by atoms with Crippen molar-refractivity contribution in [2.45, 2.75) is 0 Å². The number of hydrogen-bond donors (Lipinski definition) is 4. The summed E-state index contributed by atoms with van der Waals surface area (Å²) in [6.07, 6.45) is 0. The Morgan fingerprint density at radius 1 is 0.216 bits per heavy atom. The van der Waals surface area contributed by atoms with Gasteiger partial charge in [0.1, 0.15) is 0 Å². The molecule has 0 aromatic heterocycles. The predicted molar refractivity (Wildman–Crippen MR) is 160 cm³/mol. The molecular weight excluding hydrogens is 815 g/mol. The molecule has 0 unspecified atom stereocenters. The van der Waals surface area contributed by atoms with Crippen LogP contribution in [-0.4, -0.2) is 20.4 Å². The zero-order chi connectivity index (χ0) is 34.3. The van der Waals surface area contributed by atoms with E-state index in [1.807, 2.05) is 0 Å². The number of phenolic OH excluding ortho intramolecular Hbond substituents is 4. The molecule has 0 heterocycles. The van der Waals surface area contributed by atoms with Crippen LogP contribution in [-0.2, 0) is 51.2 Å². The molecule has 0 aliphatic rings. The summed E-state index contributed by atoms with van der Waals surface area (Å²) in [5, 5.41) is 137. The fourth-order valence-corrected chi connectivity index (χ4v) is 6.07. The van der Waals surface area contributed by atoms with E-state index in [-0.39, 0.29) is 51.2 Å². The second kappa shape index (κ2) is 13.7. The smallest absolute Gasteiger partial charge is 0.158 e. The first-order chi connectivity index (χ1) is 22.7.